The predicted molar refractivity (Wildman–Crippen MR) is 185 cm³/mol. The SMILES string of the molecule is CCCC(C)C(C)S.CCCc1cc(Cl)ccc1C1COc2ccc(C(N)=O)cc2N(CC2CCC2CC2OCCCO2)C1. The Morgan fingerprint density at radius 3 is 2.43 bits per heavy atom. The van der Waals surface area contributed by atoms with Crippen LogP contribution in [-0.4, -0.2) is 50.4 Å². The number of ether oxygens (including phenoxy) is 3. The number of nitrogens with zero attached hydrogens (tertiary/aromatic N) is 1. The van der Waals surface area contributed by atoms with Gasteiger partial charge in [-0.25, -0.2) is 0 Å². The van der Waals surface area contributed by atoms with Crippen molar-refractivity contribution in [2.75, 3.05) is 37.8 Å². The van der Waals surface area contributed by atoms with Gasteiger partial charge >= 0.3 is 0 Å². The molecule has 2 aromatic carbocycles. The molecule has 244 valence electrons. The molecule has 8 heteroatoms. The van der Waals surface area contributed by atoms with Gasteiger partial charge in [-0.05, 0) is 91.3 Å². The number of aryl methyl sites for hydroxylation is 1. The van der Waals surface area contributed by atoms with Crippen molar-refractivity contribution in [1.29, 1.82) is 0 Å². The van der Waals surface area contributed by atoms with Gasteiger partial charge in [-0.15, -0.1) is 0 Å². The Hall–Kier alpha value is -1.93. The van der Waals surface area contributed by atoms with Crippen LogP contribution in [0.1, 0.15) is 100 Å². The fraction of sp³-hybridized carbons (Fsp3) is 0.639. The number of hydrogen-bond acceptors (Lipinski definition) is 6. The quantitative estimate of drug-likeness (QED) is 0.241. The molecule has 1 amide bonds. The second kappa shape index (κ2) is 17.1. The van der Waals surface area contributed by atoms with Crippen LogP contribution in [0.2, 0.25) is 5.02 Å². The zero-order valence-electron chi connectivity index (χ0n) is 27.1. The van der Waals surface area contributed by atoms with E-state index in [0.29, 0.717) is 29.3 Å². The number of halogens is 1. The largest absolute Gasteiger partial charge is 0.491 e. The van der Waals surface area contributed by atoms with Crippen LogP contribution in [0.15, 0.2) is 36.4 Å². The van der Waals surface area contributed by atoms with Crippen LogP contribution >= 0.6 is 24.2 Å². The van der Waals surface area contributed by atoms with Crippen LogP contribution in [0.25, 0.3) is 0 Å². The Labute approximate surface area is 275 Å². The number of anilines is 1. The Bertz CT molecular complexity index is 1200. The van der Waals surface area contributed by atoms with Crippen LogP contribution < -0.4 is 15.4 Å². The number of carbonyl (C=O) groups is 1. The number of rotatable bonds is 11. The van der Waals surface area contributed by atoms with Gasteiger partial charge in [0.25, 0.3) is 0 Å². The Balaban J connectivity index is 0.000000488. The molecule has 5 atom stereocenters. The summed E-state index contributed by atoms with van der Waals surface area (Å²) < 4.78 is 18.0. The maximum Gasteiger partial charge on any atom is 0.248 e. The number of amides is 1. The highest BCUT2D eigenvalue weighted by molar-refractivity contribution is 7.80. The number of nitrogens with two attached hydrogens (primary N) is 1. The maximum absolute atomic E-state index is 12.0. The van der Waals surface area contributed by atoms with Gasteiger partial charge in [-0.3, -0.25) is 4.79 Å². The van der Waals surface area contributed by atoms with Crippen molar-refractivity contribution in [2.24, 2.45) is 23.5 Å². The number of thiol groups is 1. The summed E-state index contributed by atoms with van der Waals surface area (Å²) in [4.78, 5) is 14.4. The van der Waals surface area contributed by atoms with E-state index in [9.17, 15) is 4.79 Å². The molecule has 0 spiro atoms. The summed E-state index contributed by atoms with van der Waals surface area (Å²) in [5.41, 5.74) is 9.69. The van der Waals surface area contributed by atoms with Crippen molar-refractivity contribution in [2.45, 2.75) is 96.5 Å². The van der Waals surface area contributed by atoms with Crippen molar-refractivity contribution in [3.63, 3.8) is 0 Å². The minimum absolute atomic E-state index is 0.0776. The molecule has 1 saturated carbocycles. The minimum Gasteiger partial charge on any atom is -0.491 e. The van der Waals surface area contributed by atoms with E-state index in [1.165, 1.54) is 36.8 Å². The summed E-state index contributed by atoms with van der Waals surface area (Å²) in [6.07, 6.45) is 8.87. The van der Waals surface area contributed by atoms with Gasteiger partial charge in [-0.2, -0.15) is 12.6 Å². The molecule has 5 unspecified atom stereocenters. The molecule has 6 nitrogen and oxygen atoms in total. The second-order valence-corrected chi connectivity index (χ2v) is 14.2. The molecular formula is C36H53ClN2O4S. The number of benzene rings is 2. The first-order chi connectivity index (χ1) is 21.2. The smallest absolute Gasteiger partial charge is 0.248 e. The monoisotopic (exact) mass is 644 g/mol. The number of fused-ring (bicyclic) bond motifs is 1. The highest BCUT2D eigenvalue weighted by atomic mass is 35.5. The highest BCUT2D eigenvalue weighted by Crippen LogP contribution is 2.43. The summed E-state index contributed by atoms with van der Waals surface area (Å²) in [7, 11) is 0. The van der Waals surface area contributed by atoms with E-state index >= 15 is 0 Å². The average Bonchev–Trinajstić information content (AvgIpc) is 3.18. The second-order valence-electron chi connectivity index (χ2n) is 12.9. The van der Waals surface area contributed by atoms with E-state index in [4.69, 9.17) is 31.5 Å². The van der Waals surface area contributed by atoms with Crippen molar-refractivity contribution < 1.29 is 19.0 Å². The summed E-state index contributed by atoms with van der Waals surface area (Å²) in [5, 5.41) is 1.34. The fourth-order valence-electron chi connectivity index (χ4n) is 6.55. The van der Waals surface area contributed by atoms with E-state index in [2.05, 4.69) is 57.4 Å². The Kier molecular flexibility index (Phi) is 13.6. The zero-order valence-corrected chi connectivity index (χ0v) is 28.8. The van der Waals surface area contributed by atoms with Crippen molar-refractivity contribution in [3.05, 3.63) is 58.1 Å². The van der Waals surface area contributed by atoms with E-state index in [0.717, 1.165) is 74.4 Å². The van der Waals surface area contributed by atoms with Crippen molar-refractivity contribution in [3.8, 4) is 5.75 Å². The number of hydrogen-bond donors (Lipinski definition) is 2. The molecule has 1 aliphatic carbocycles. The minimum atomic E-state index is -0.422. The Morgan fingerprint density at radius 1 is 1.07 bits per heavy atom. The molecule has 2 N–H and O–H groups in total. The lowest BCUT2D eigenvalue weighted by Gasteiger charge is -2.42. The van der Waals surface area contributed by atoms with Gasteiger partial charge in [0.2, 0.25) is 5.91 Å². The molecule has 0 radical (unpaired) electrons. The van der Waals surface area contributed by atoms with Crippen molar-refractivity contribution in [1.82, 2.24) is 0 Å². The molecule has 44 heavy (non-hydrogen) atoms. The topological polar surface area (TPSA) is 74.0 Å². The normalized spacial score (nSPS) is 23.2. The predicted octanol–water partition coefficient (Wildman–Crippen LogP) is 8.29. The first-order valence-corrected chi connectivity index (χ1v) is 17.6. The van der Waals surface area contributed by atoms with Gasteiger partial charge in [0.05, 0.1) is 25.5 Å². The third kappa shape index (κ3) is 9.54. The molecule has 2 aromatic rings. The molecule has 0 bridgehead atoms. The lowest BCUT2D eigenvalue weighted by molar-refractivity contribution is -0.192. The fourth-order valence-corrected chi connectivity index (χ4v) is 6.90. The third-order valence-electron chi connectivity index (χ3n) is 9.52. The van der Waals surface area contributed by atoms with E-state index < -0.39 is 5.91 Å². The highest BCUT2D eigenvalue weighted by Gasteiger charge is 2.37. The van der Waals surface area contributed by atoms with Gasteiger partial charge < -0.3 is 24.8 Å². The van der Waals surface area contributed by atoms with Crippen LogP contribution in [0, 0.1) is 17.8 Å². The van der Waals surface area contributed by atoms with Gasteiger partial charge in [0.1, 0.15) is 5.75 Å². The van der Waals surface area contributed by atoms with Crippen LogP contribution in [0.3, 0.4) is 0 Å². The molecule has 1 saturated heterocycles. The van der Waals surface area contributed by atoms with Crippen LogP contribution in [0.5, 0.6) is 5.75 Å². The zero-order chi connectivity index (χ0) is 31.6. The van der Waals surface area contributed by atoms with Crippen molar-refractivity contribution >= 4 is 35.8 Å². The van der Waals surface area contributed by atoms with Gasteiger partial charge in [-0.1, -0.05) is 58.2 Å². The molecule has 2 aliphatic heterocycles. The lowest BCUT2D eigenvalue weighted by atomic mass is 9.71. The van der Waals surface area contributed by atoms with E-state index in [1.807, 2.05) is 18.2 Å². The molecule has 5 rings (SSSR count). The van der Waals surface area contributed by atoms with Gasteiger partial charge in [0, 0.05) is 41.3 Å². The standard InChI is InChI=1S/C29H37ClN2O4.C7H16S/c1-2-4-20-13-24(30)8-9-25(20)23-17-32(26-14-21(29(31)33)7-10-27(26)36-18-23)16-22-6-5-19(22)15-28-34-11-3-12-35-28;1-4-5-6(2)7(3)8/h7-10,13-14,19,22-23,28H,2-6,11-12,15-18H2,1H3,(H2,31,33);6-8H,4-5H2,1-3H3. The lowest BCUT2D eigenvalue weighted by Crippen LogP contribution is -2.42. The summed E-state index contributed by atoms with van der Waals surface area (Å²) in [6, 6.07) is 11.8. The molecular weight excluding hydrogens is 592 g/mol. The molecule has 3 aliphatic rings. The van der Waals surface area contributed by atoms with E-state index in [-0.39, 0.29) is 12.2 Å². The molecule has 2 fully saturated rings. The number of carbonyl (C=O) groups excluding carboxylic acids is 1. The first kappa shape index (κ1) is 34.9. The summed E-state index contributed by atoms with van der Waals surface area (Å²) >= 11 is 10.7. The maximum atomic E-state index is 12.0. The summed E-state index contributed by atoms with van der Waals surface area (Å²) in [6.45, 7) is 12.7. The molecule has 2 heterocycles. The van der Waals surface area contributed by atoms with E-state index in [1.54, 1.807) is 6.07 Å². The number of primary amides is 1. The molecule has 0 aromatic heterocycles. The van der Waals surface area contributed by atoms with Crippen LogP contribution in [0.4, 0.5) is 5.69 Å². The first-order valence-electron chi connectivity index (χ1n) is 16.7. The average molecular weight is 645 g/mol. The van der Waals surface area contributed by atoms with Crippen LogP contribution in [-0.2, 0) is 15.9 Å². The summed E-state index contributed by atoms with van der Waals surface area (Å²) in [5.74, 6) is 2.48. The third-order valence-corrected chi connectivity index (χ3v) is 10.3. The van der Waals surface area contributed by atoms with Gasteiger partial charge in [0.15, 0.2) is 6.29 Å². The Morgan fingerprint density at radius 2 is 1.82 bits per heavy atom.